The number of rotatable bonds is 5. The summed E-state index contributed by atoms with van der Waals surface area (Å²) in [6, 6.07) is 1.73. The number of hydrogen-bond acceptors (Lipinski definition) is 4. The number of aromatic nitrogens is 4. The third-order valence-electron chi connectivity index (χ3n) is 2.75. The molecule has 2 aromatic heterocycles. The number of anilines is 1. The van der Waals surface area contributed by atoms with Crippen molar-refractivity contribution in [2.45, 2.75) is 33.1 Å². The lowest BCUT2D eigenvalue weighted by molar-refractivity contribution is -0.116. The molecule has 0 aliphatic carbocycles. The molecule has 6 heteroatoms. The van der Waals surface area contributed by atoms with Crippen molar-refractivity contribution in [2.24, 2.45) is 0 Å². The van der Waals surface area contributed by atoms with Gasteiger partial charge in [-0.2, -0.15) is 0 Å². The minimum atomic E-state index is -0.0196. The van der Waals surface area contributed by atoms with Crippen LogP contribution in [-0.2, 0) is 4.79 Å². The van der Waals surface area contributed by atoms with E-state index in [9.17, 15) is 4.79 Å². The molecule has 1 N–H and O–H groups in total. The molecule has 0 bridgehead atoms. The second kappa shape index (κ2) is 6.08. The lowest BCUT2D eigenvalue weighted by Gasteiger charge is -2.07. The molecular weight excluding hydrogens is 242 g/mol. The van der Waals surface area contributed by atoms with Crippen LogP contribution in [0.3, 0.4) is 0 Å². The Morgan fingerprint density at radius 2 is 2.21 bits per heavy atom. The highest BCUT2D eigenvalue weighted by Gasteiger charge is 2.06. The van der Waals surface area contributed by atoms with Crippen LogP contribution in [0, 0.1) is 6.92 Å². The van der Waals surface area contributed by atoms with Crippen molar-refractivity contribution in [3.63, 3.8) is 0 Å². The highest BCUT2D eigenvalue weighted by atomic mass is 16.1. The van der Waals surface area contributed by atoms with Crippen molar-refractivity contribution in [3.8, 4) is 5.82 Å². The second-order valence-corrected chi connectivity index (χ2v) is 4.26. The van der Waals surface area contributed by atoms with Crippen LogP contribution in [-0.4, -0.2) is 25.4 Å². The maximum Gasteiger partial charge on any atom is 0.225 e. The van der Waals surface area contributed by atoms with Gasteiger partial charge in [0.15, 0.2) is 0 Å². The predicted octanol–water partition coefficient (Wildman–Crippen LogP) is 2.10. The summed E-state index contributed by atoms with van der Waals surface area (Å²) in [7, 11) is 0. The van der Waals surface area contributed by atoms with Gasteiger partial charge in [0.25, 0.3) is 0 Å². The number of carbonyl (C=O) groups is 1. The summed E-state index contributed by atoms with van der Waals surface area (Å²) in [6.45, 7) is 3.94. The van der Waals surface area contributed by atoms with E-state index in [0.717, 1.165) is 18.7 Å². The van der Waals surface area contributed by atoms with Gasteiger partial charge in [-0.25, -0.2) is 15.0 Å². The zero-order valence-corrected chi connectivity index (χ0v) is 11.1. The maximum absolute atomic E-state index is 11.6. The van der Waals surface area contributed by atoms with E-state index in [-0.39, 0.29) is 5.91 Å². The van der Waals surface area contributed by atoms with Crippen LogP contribution in [0.15, 0.2) is 24.8 Å². The summed E-state index contributed by atoms with van der Waals surface area (Å²) in [5, 5.41) is 2.77. The van der Waals surface area contributed by atoms with Crippen LogP contribution >= 0.6 is 0 Å². The van der Waals surface area contributed by atoms with Gasteiger partial charge in [0.1, 0.15) is 23.8 Å². The average molecular weight is 259 g/mol. The van der Waals surface area contributed by atoms with E-state index in [2.05, 4.69) is 27.2 Å². The third kappa shape index (κ3) is 3.37. The molecule has 0 spiro atoms. The molecule has 0 radical (unpaired) electrons. The third-order valence-corrected chi connectivity index (χ3v) is 2.75. The molecule has 0 aliphatic heterocycles. The first-order chi connectivity index (χ1) is 9.20. The van der Waals surface area contributed by atoms with Crippen LogP contribution in [0.4, 0.5) is 5.82 Å². The number of unbranched alkanes of at least 4 members (excludes halogenated alkanes) is 1. The number of aryl methyl sites for hydroxylation is 1. The van der Waals surface area contributed by atoms with Crippen LogP contribution in [0.2, 0.25) is 0 Å². The molecule has 0 fully saturated rings. The number of nitrogens with one attached hydrogen (secondary N) is 1. The number of hydrogen-bond donors (Lipinski definition) is 1. The van der Waals surface area contributed by atoms with Gasteiger partial charge in [0.05, 0.1) is 0 Å². The van der Waals surface area contributed by atoms with Gasteiger partial charge in [-0.15, -0.1) is 0 Å². The Labute approximate surface area is 111 Å². The zero-order valence-electron chi connectivity index (χ0n) is 11.1. The van der Waals surface area contributed by atoms with E-state index >= 15 is 0 Å². The average Bonchev–Trinajstić information content (AvgIpc) is 2.83. The Kier molecular flexibility index (Phi) is 4.22. The number of amides is 1. The molecule has 19 heavy (non-hydrogen) atoms. The fourth-order valence-corrected chi connectivity index (χ4v) is 1.71. The summed E-state index contributed by atoms with van der Waals surface area (Å²) in [5.41, 5.74) is 0. The first-order valence-corrected chi connectivity index (χ1v) is 6.33. The van der Waals surface area contributed by atoms with Crippen molar-refractivity contribution in [1.29, 1.82) is 0 Å². The van der Waals surface area contributed by atoms with Gasteiger partial charge >= 0.3 is 0 Å². The van der Waals surface area contributed by atoms with Crippen LogP contribution in [0.25, 0.3) is 5.82 Å². The van der Waals surface area contributed by atoms with Gasteiger partial charge in [0.2, 0.25) is 5.91 Å². The van der Waals surface area contributed by atoms with Crippen molar-refractivity contribution < 1.29 is 4.79 Å². The molecule has 0 aromatic carbocycles. The van der Waals surface area contributed by atoms with E-state index < -0.39 is 0 Å². The number of carbonyl (C=O) groups excluding carboxylic acids is 1. The smallest absolute Gasteiger partial charge is 0.225 e. The maximum atomic E-state index is 11.6. The standard InChI is InChI=1S/C13H17N5O/c1-3-4-5-13(19)17-11-8-12(16-9-15-11)18-7-6-14-10(18)2/h6-9H,3-5H2,1-2H3,(H,15,16,17,19). The molecule has 2 heterocycles. The Bertz CT molecular complexity index is 564. The van der Waals surface area contributed by atoms with E-state index in [1.807, 2.05) is 17.7 Å². The molecule has 1 amide bonds. The molecule has 0 unspecified atom stereocenters. The minimum Gasteiger partial charge on any atom is -0.311 e. The van der Waals surface area contributed by atoms with Crippen LogP contribution in [0.5, 0.6) is 0 Å². The first-order valence-electron chi connectivity index (χ1n) is 6.33. The van der Waals surface area contributed by atoms with E-state index in [1.54, 1.807) is 12.3 Å². The van der Waals surface area contributed by atoms with Gasteiger partial charge in [-0.1, -0.05) is 13.3 Å². The Balaban J connectivity index is 2.12. The number of imidazole rings is 1. The van der Waals surface area contributed by atoms with Crippen molar-refractivity contribution >= 4 is 11.7 Å². The predicted molar refractivity (Wildman–Crippen MR) is 72.0 cm³/mol. The summed E-state index contributed by atoms with van der Waals surface area (Å²) in [6.07, 6.45) is 7.35. The van der Waals surface area contributed by atoms with Crippen molar-refractivity contribution in [1.82, 2.24) is 19.5 Å². The lowest BCUT2D eigenvalue weighted by Crippen LogP contribution is -2.13. The molecular formula is C13H17N5O. The second-order valence-electron chi connectivity index (χ2n) is 4.26. The lowest BCUT2D eigenvalue weighted by atomic mass is 10.2. The van der Waals surface area contributed by atoms with E-state index in [0.29, 0.717) is 18.1 Å². The van der Waals surface area contributed by atoms with Gasteiger partial charge < -0.3 is 5.32 Å². The van der Waals surface area contributed by atoms with Crippen molar-refractivity contribution in [2.75, 3.05) is 5.32 Å². The van der Waals surface area contributed by atoms with Crippen molar-refractivity contribution in [3.05, 3.63) is 30.6 Å². The fourth-order valence-electron chi connectivity index (χ4n) is 1.71. The SMILES string of the molecule is CCCCC(=O)Nc1cc(-n2ccnc2C)ncn1. The van der Waals surface area contributed by atoms with Gasteiger partial charge in [-0.05, 0) is 13.3 Å². The molecule has 2 rings (SSSR count). The zero-order chi connectivity index (χ0) is 13.7. The molecule has 0 saturated heterocycles. The van der Waals surface area contributed by atoms with Gasteiger partial charge in [-0.3, -0.25) is 9.36 Å². The Hall–Kier alpha value is -2.24. The molecule has 0 atom stereocenters. The summed E-state index contributed by atoms with van der Waals surface area (Å²) in [5.74, 6) is 2.02. The number of nitrogens with zero attached hydrogens (tertiary/aromatic N) is 4. The fraction of sp³-hybridized carbons (Fsp3) is 0.385. The minimum absolute atomic E-state index is 0.0196. The van der Waals surface area contributed by atoms with Gasteiger partial charge in [0, 0.05) is 24.9 Å². The topological polar surface area (TPSA) is 72.7 Å². The normalized spacial score (nSPS) is 10.4. The van der Waals surface area contributed by atoms with E-state index in [1.165, 1.54) is 6.33 Å². The Morgan fingerprint density at radius 1 is 1.37 bits per heavy atom. The summed E-state index contributed by atoms with van der Waals surface area (Å²) in [4.78, 5) is 24.0. The summed E-state index contributed by atoms with van der Waals surface area (Å²) >= 11 is 0. The molecule has 0 saturated carbocycles. The monoisotopic (exact) mass is 259 g/mol. The highest BCUT2D eigenvalue weighted by molar-refractivity contribution is 5.89. The van der Waals surface area contributed by atoms with E-state index in [4.69, 9.17) is 0 Å². The Morgan fingerprint density at radius 3 is 2.89 bits per heavy atom. The molecule has 100 valence electrons. The largest absolute Gasteiger partial charge is 0.311 e. The molecule has 2 aromatic rings. The highest BCUT2D eigenvalue weighted by Crippen LogP contribution is 2.11. The first kappa shape index (κ1) is 13.2. The van der Waals surface area contributed by atoms with Crippen LogP contribution < -0.4 is 5.32 Å². The quantitative estimate of drug-likeness (QED) is 0.892. The molecule has 0 aliphatic rings. The van der Waals surface area contributed by atoms with Crippen LogP contribution in [0.1, 0.15) is 32.0 Å². The molecule has 6 nitrogen and oxygen atoms in total. The summed E-state index contributed by atoms with van der Waals surface area (Å²) < 4.78 is 1.84.